The summed E-state index contributed by atoms with van der Waals surface area (Å²) in [5.41, 5.74) is -0.485. The van der Waals surface area contributed by atoms with Gasteiger partial charge in [-0.3, -0.25) is 0 Å². The Morgan fingerprint density at radius 2 is 2.13 bits per heavy atom. The van der Waals surface area contributed by atoms with Gasteiger partial charge < -0.3 is 0 Å². The number of rotatable bonds is 3. The molecule has 1 heterocycles. The fraction of sp³-hybridized carbons (Fsp3) is 0.286. The Morgan fingerprint density at radius 3 is 2.53 bits per heavy atom. The molecule has 0 saturated carbocycles. The number of pyridine rings is 1. The minimum absolute atomic E-state index is 0.0493. The van der Waals surface area contributed by atoms with E-state index in [2.05, 4.69) is 20.9 Å². The number of nitrogens with two attached hydrogens (primary N) is 1. The van der Waals surface area contributed by atoms with Gasteiger partial charge >= 0.3 is 0 Å². The normalized spacial score (nSPS) is 12.1. The number of primary sulfonamides is 1. The van der Waals surface area contributed by atoms with E-state index >= 15 is 0 Å². The number of halogens is 3. The Morgan fingerprint density at radius 1 is 1.53 bits per heavy atom. The van der Waals surface area contributed by atoms with E-state index in [0.717, 1.165) is 12.3 Å². The Kier molecular flexibility index (Phi) is 3.74. The van der Waals surface area contributed by atoms with Gasteiger partial charge in [-0.25, -0.2) is 27.3 Å². The SMILES string of the molecule is NS(=O)(=O)c1nccc(C(F)F)c1CBr. The molecule has 0 aliphatic carbocycles. The first kappa shape index (κ1) is 12.5. The van der Waals surface area contributed by atoms with Crippen molar-refractivity contribution in [3.05, 3.63) is 23.4 Å². The molecule has 2 N–H and O–H groups in total. The minimum atomic E-state index is -4.08. The molecule has 8 heteroatoms. The van der Waals surface area contributed by atoms with Gasteiger partial charge in [0.15, 0.2) is 5.03 Å². The maximum Gasteiger partial charge on any atom is 0.264 e. The first-order valence-corrected chi connectivity index (χ1v) is 6.39. The summed E-state index contributed by atoms with van der Waals surface area (Å²) in [6.07, 6.45) is -1.77. The molecule has 1 aromatic rings. The van der Waals surface area contributed by atoms with Crippen molar-refractivity contribution in [1.82, 2.24) is 4.98 Å². The predicted molar refractivity (Wildman–Crippen MR) is 53.2 cm³/mol. The van der Waals surface area contributed by atoms with Crippen LogP contribution >= 0.6 is 15.9 Å². The van der Waals surface area contributed by atoms with Crippen molar-refractivity contribution in [2.45, 2.75) is 16.8 Å². The molecule has 4 nitrogen and oxygen atoms in total. The molecule has 0 saturated heterocycles. The highest BCUT2D eigenvalue weighted by molar-refractivity contribution is 9.08. The van der Waals surface area contributed by atoms with Crippen molar-refractivity contribution in [2.24, 2.45) is 5.14 Å². The molecule has 0 unspecified atom stereocenters. The molecule has 1 aromatic heterocycles. The van der Waals surface area contributed by atoms with Crippen LogP contribution in [0.25, 0.3) is 0 Å². The van der Waals surface area contributed by atoms with Gasteiger partial charge in [-0.05, 0) is 6.07 Å². The van der Waals surface area contributed by atoms with Crippen LogP contribution in [0.1, 0.15) is 17.6 Å². The highest BCUT2D eigenvalue weighted by Crippen LogP contribution is 2.27. The second-order valence-electron chi connectivity index (χ2n) is 2.66. The summed E-state index contributed by atoms with van der Waals surface area (Å²) in [7, 11) is -4.08. The molecule has 0 aliphatic rings. The lowest BCUT2D eigenvalue weighted by atomic mass is 10.2. The minimum Gasteiger partial charge on any atom is -0.243 e. The van der Waals surface area contributed by atoms with E-state index in [1.165, 1.54) is 0 Å². The standard InChI is InChI=1S/C7H7BrF2N2O2S/c8-3-5-4(6(9)10)1-2-12-7(5)15(11,13)14/h1-2,6H,3H2,(H2,11,13,14). The van der Waals surface area contributed by atoms with Crippen molar-refractivity contribution in [1.29, 1.82) is 0 Å². The van der Waals surface area contributed by atoms with E-state index < -0.39 is 21.5 Å². The van der Waals surface area contributed by atoms with Gasteiger partial charge in [0.05, 0.1) is 0 Å². The lowest BCUT2D eigenvalue weighted by molar-refractivity contribution is 0.150. The molecule has 0 atom stereocenters. The molecule has 15 heavy (non-hydrogen) atoms. The van der Waals surface area contributed by atoms with Crippen LogP contribution in [0.4, 0.5) is 8.78 Å². The highest BCUT2D eigenvalue weighted by atomic mass is 79.9. The van der Waals surface area contributed by atoms with Crippen LogP contribution in [0.2, 0.25) is 0 Å². The molecule has 0 amide bonds. The monoisotopic (exact) mass is 300 g/mol. The molecule has 84 valence electrons. The Balaban J connectivity index is 3.49. The van der Waals surface area contributed by atoms with Gasteiger partial charge in [-0.1, -0.05) is 15.9 Å². The number of hydrogen-bond acceptors (Lipinski definition) is 3. The summed E-state index contributed by atoms with van der Waals surface area (Å²) in [6.45, 7) is 0. The molecule has 0 aromatic carbocycles. The van der Waals surface area contributed by atoms with Gasteiger partial charge in [0.2, 0.25) is 0 Å². The molecular weight excluding hydrogens is 294 g/mol. The van der Waals surface area contributed by atoms with E-state index in [9.17, 15) is 17.2 Å². The largest absolute Gasteiger partial charge is 0.264 e. The number of alkyl halides is 3. The molecular formula is C7H7BrF2N2O2S. The maximum absolute atomic E-state index is 12.5. The van der Waals surface area contributed by atoms with E-state index in [4.69, 9.17) is 5.14 Å². The number of sulfonamides is 1. The van der Waals surface area contributed by atoms with E-state index in [1.54, 1.807) is 0 Å². The summed E-state index contributed by atoms with van der Waals surface area (Å²) in [5, 5.41) is 4.28. The topological polar surface area (TPSA) is 73.1 Å². The van der Waals surface area contributed by atoms with Crippen LogP contribution in [0.5, 0.6) is 0 Å². The van der Waals surface area contributed by atoms with E-state index in [1.807, 2.05) is 0 Å². The van der Waals surface area contributed by atoms with Crippen LogP contribution in [-0.2, 0) is 15.4 Å². The van der Waals surface area contributed by atoms with Crippen LogP contribution in [0.15, 0.2) is 17.3 Å². The summed E-state index contributed by atoms with van der Waals surface area (Å²) in [5.74, 6) is 0. The maximum atomic E-state index is 12.5. The Hall–Kier alpha value is -0.600. The second-order valence-corrected chi connectivity index (χ2v) is 4.70. The molecule has 1 rings (SSSR count). The van der Waals surface area contributed by atoms with Crippen LogP contribution in [0, 0.1) is 0 Å². The fourth-order valence-corrected chi connectivity index (χ4v) is 2.59. The van der Waals surface area contributed by atoms with Crippen molar-refractivity contribution >= 4 is 26.0 Å². The Bertz CT molecular complexity index is 464. The molecule has 0 fully saturated rings. The van der Waals surface area contributed by atoms with Gasteiger partial charge in [0.25, 0.3) is 16.4 Å². The summed E-state index contributed by atoms with van der Waals surface area (Å²) >= 11 is 2.93. The first-order chi connectivity index (χ1) is 6.88. The van der Waals surface area contributed by atoms with Gasteiger partial charge in [0.1, 0.15) is 0 Å². The van der Waals surface area contributed by atoms with Crippen molar-refractivity contribution in [3.63, 3.8) is 0 Å². The van der Waals surface area contributed by atoms with Crippen molar-refractivity contribution in [2.75, 3.05) is 0 Å². The molecule has 0 spiro atoms. The Labute approximate surface area is 93.7 Å². The second kappa shape index (κ2) is 4.50. The fourth-order valence-electron chi connectivity index (χ4n) is 1.07. The average Bonchev–Trinajstić information content (AvgIpc) is 2.15. The van der Waals surface area contributed by atoms with Crippen LogP contribution < -0.4 is 5.14 Å². The summed E-state index contributed by atoms with van der Waals surface area (Å²) in [4.78, 5) is 3.49. The highest BCUT2D eigenvalue weighted by Gasteiger charge is 2.21. The zero-order chi connectivity index (χ0) is 11.6. The third-order valence-electron chi connectivity index (χ3n) is 1.69. The van der Waals surface area contributed by atoms with E-state index in [0.29, 0.717) is 0 Å². The zero-order valence-corrected chi connectivity index (χ0v) is 9.72. The van der Waals surface area contributed by atoms with Crippen molar-refractivity contribution in [3.8, 4) is 0 Å². The van der Waals surface area contributed by atoms with Crippen LogP contribution in [-0.4, -0.2) is 13.4 Å². The molecule has 0 bridgehead atoms. The zero-order valence-electron chi connectivity index (χ0n) is 7.32. The molecule has 0 radical (unpaired) electrons. The van der Waals surface area contributed by atoms with Gasteiger partial charge in [-0.2, -0.15) is 0 Å². The van der Waals surface area contributed by atoms with E-state index in [-0.39, 0.29) is 16.5 Å². The predicted octanol–water partition coefficient (Wildman–Crippen LogP) is 1.56. The summed E-state index contributed by atoms with van der Waals surface area (Å²) < 4.78 is 47.1. The van der Waals surface area contributed by atoms with Crippen LogP contribution in [0.3, 0.4) is 0 Å². The van der Waals surface area contributed by atoms with Gasteiger partial charge in [0, 0.05) is 22.7 Å². The number of nitrogens with zero attached hydrogens (tertiary/aromatic N) is 1. The third kappa shape index (κ3) is 2.70. The summed E-state index contributed by atoms with van der Waals surface area (Å²) in [6, 6.07) is 1.07. The average molecular weight is 301 g/mol. The molecule has 0 aliphatic heterocycles. The number of aromatic nitrogens is 1. The van der Waals surface area contributed by atoms with Crippen molar-refractivity contribution < 1.29 is 17.2 Å². The smallest absolute Gasteiger partial charge is 0.243 e. The first-order valence-electron chi connectivity index (χ1n) is 3.72. The lowest BCUT2D eigenvalue weighted by Gasteiger charge is -2.09. The lowest BCUT2D eigenvalue weighted by Crippen LogP contribution is -2.17. The van der Waals surface area contributed by atoms with Gasteiger partial charge in [-0.15, -0.1) is 0 Å². The third-order valence-corrected chi connectivity index (χ3v) is 3.14. The number of hydrogen-bond donors (Lipinski definition) is 1. The quantitative estimate of drug-likeness (QED) is 0.861.